The number of halogens is 1. The zero-order valence-electron chi connectivity index (χ0n) is 26.8. The predicted molar refractivity (Wildman–Crippen MR) is 181 cm³/mol. The van der Waals surface area contributed by atoms with Crippen LogP contribution in [0.5, 0.6) is 11.6 Å². The van der Waals surface area contributed by atoms with E-state index in [0.29, 0.717) is 50.0 Å². The summed E-state index contributed by atoms with van der Waals surface area (Å²) in [4.78, 5) is 30.2. The molecule has 1 aliphatic carbocycles. The van der Waals surface area contributed by atoms with Gasteiger partial charge in [-0.3, -0.25) is 13.8 Å². The lowest BCUT2D eigenvalue weighted by molar-refractivity contribution is 0.0887. The first-order chi connectivity index (χ1) is 23.6. The number of pyridine rings is 2. The smallest absolute Gasteiger partial charge is 0.272 e. The van der Waals surface area contributed by atoms with Gasteiger partial charge >= 0.3 is 0 Å². The number of aromatic nitrogens is 3. The number of aryl methyl sites for hydroxylation is 1. The van der Waals surface area contributed by atoms with Crippen LogP contribution in [0.15, 0.2) is 91.3 Å². The Morgan fingerprint density at radius 3 is 2.35 bits per heavy atom. The summed E-state index contributed by atoms with van der Waals surface area (Å²) < 4.78 is 49.1. The molecular weight excluding hydrogens is 649 g/mol. The molecule has 0 aliphatic heterocycles. The number of ether oxygens (including phenoxy) is 1. The number of nitrogens with one attached hydrogen (secondary N) is 2. The largest absolute Gasteiger partial charge is 0.438 e. The van der Waals surface area contributed by atoms with E-state index in [9.17, 15) is 22.4 Å². The highest BCUT2D eigenvalue weighted by Crippen LogP contribution is 2.29. The van der Waals surface area contributed by atoms with Gasteiger partial charge in [0.05, 0.1) is 24.6 Å². The Kier molecular flexibility index (Phi) is 10.3. The van der Waals surface area contributed by atoms with Crippen molar-refractivity contribution in [3.05, 3.63) is 114 Å². The average molecular weight is 686 g/mol. The van der Waals surface area contributed by atoms with Crippen LogP contribution >= 0.6 is 0 Å². The first-order valence-electron chi connectivity index (χ1n) is 16.0. The zero-order valence-corrected chi connectivity index (χ0v) is 27.7. The maximum absolute atomic E-state index is 14.3. The highest BCUT2D eigenvalue weighted by molar-refractivity contribution is 7.85. The van der Waals surface area contributed by atoms with E-state index < -0.39 is 21.8 Å². The Morgan fingerprint density at radius 2 is 1.63 bits per heavy atom. The van der Waals surface area contributed by atoms with E-state index in [4.69, 9.17) is 8.92 Å². The summed E-state index contributed by atoms with van der Waals surface area (Å²) in [7, 11) is -3.45. The van der Waals surface area contributed by atoms with Crippen LogP contribution in [0.1, 0.15) is 58.5 Å². The molecule has 0 saturated heterocycles. The minimum atomic E-state index is -3.45. The van der Waals surface area contributed by atoms with Gasteiger partial charge in [0, 0.05) is 18.3 Å². The summed E-state index contributed by atoms with van der Waals surface area (Å²) in [6.45, 7) is 0.129. The Bertz CT molecular complexity index is 2030. The number of carbonyl (C=O) groups excluding carboxylic acids is 2. The third-order valence-corrected chi connectivity index (χ3v) is 8.90. The van der Waals surface area contributed by atoms with Crippen molar-refractivity contribution in [2.24, 2.45) is 0 Å². The molecule has 2 amide bonds. The van der Waals surface area contributed by atoms with Gasteiger partial charge < -0.3 is 15.4 Å². The van der Waals surface area contributed by atoms with Crippen LogP contribution in [-0.2, 0) is 20.7 Å². The second-order valence-corrected chi connectivity index (χ2v) is 13.7. The Balaban J connectivity index is 1.04. The summed E-state index contributed by atoms with van der Waals surface area (Å²) in [5.41, 5.74) is 4.00. The number of benzene rings is 2. The number of rotatable bonds is 12. The summed E-state index contributed by atoms with van der Waals surface area (Å²) >= 11 is 0. The third-order valence-electron chi connectivity index (χ3n) is 8.31. The molecule has 2 N–H and O–H groups in total. The van der Waals surface area contributed by atoms with Gasteiger partial charge in [-0.2, -0.15) is 13.5 Å². The van der Waals surface area contributed by atoms with Crippen LogP contribution in [0.4, 0.5) is 4.39 Å². The van der Waals surface area contributed by atoms with Gasteiger partial charge in [-0.15, -0.1) is 0 Å². The van der Waals surface area contributed by atoms with Crippen molar-refractivity contribution in [1.82, 2.24) is 25.2 Å². The summed E-state index contributed by atoms with van der Waals surface area (Å²) in [6, 6.07) is 23.4. The molecule has 5 aromatic rings. The zero-order chi connectivity index (χ0) is 34.4. The minimum Gasteiger partial charge on any atom is -0.438 e. The number of carbonyl (C=O) groups is 2. The van der Waals surface area contributed by atoms with Crippen LogP contribution in [0.3, 0.4) is 0 Å². The summed E-state index contributed by atoms with van der Waals surface area (Å²) in [6.07, 6.45) is 7.67. The molecule has 0 spiro atoms. The fourth-order valence-electron chi connectivity index (χ4n) is 5.83. The summed E-state index contributed by atoms with van der Waals surface area (Å²) in [5.74, 6) is -0.981. The number of amides is 2. The normalized spacial score (nSPS) is 16.3. The van der Waals surface area contributed by atoms with Gasteiger partial charge in [0.1, 0.15) is 17.1 Å². The maximum Gasteiger partial charge on any atom is 0.272 e. The molecule has 0 unspecified atom stereocenters. The van der Waals surface area contributed by atoms with Crippen molar-refractivity contribution in [3.63, 3.8) is 0 Å². The molecule has 3 aromatic heterocycles. The fraction of sp³-hybridized carbons (Fsp3) is 0.278. The van der Waals surface area contributed by atoms with Crippen LogP contribution in [0.2, 0.25) is 0 Å². The molecule has 254 valence electrons. The maximum atomic E-state index is 14.3. The van der Waals surface area contributed by atoms with Crippen LogP contribution in [0, 0.1) is 5.82 Å². The molecule has 0 atom stereocenters. The highest BCUT2D eigenvalue weighted by atomic mass is 32.2. The number of fused-ring (bicyclic) bond motifs is 1. The van der Waals surface area contributed by atoms with E-state index in [0.717, 1.165) is 40.7 Å². The van der Waals surface area contributed by atoms with Crippen molar-refractivity contribution in [2.45, 2.75) is 50.6 Å². The first kappa shape index (κ1) is 33.7. The van der Waals surface area contributed by atoms with E-state index >= 15 is 0 Å². The number of hydrogen-bond acceptors (Lipinski definition) is 8. The van der Waals surface area contributed by atoms with Gasteiger partial charge in [-0.25, -0.2) is 13.9 Å². The van der Waals surface area contributed by atoms with Crippen LogP contribution in [-0.4, -0.2) is 59.8 Å². The molecule has 1 fully saturated rings. The SMILES string of the molecule is CS(=O)(=O)OCCCc1ccc(-c2cccc(Oc3ncc(F)cc3C(=O)NC3CCC(NC(=O)c4cc5ccccn5n4)CC3)c2)cc1. The lowest BCUT2D eigenvalue weighted by Gasteiger charge is -2.29. The van der Waals surface area contributed by atoms with E-state index in [2.05, 4.69) is 20.7 Å². The fourth-order valence-corrected chi connectivity index (χ4v) is 6.25. The molecule has 13 heteroatoms. The quantitative estimate of drug-likeness (QED) is 0.126. The molecule has 11 nitrogen and oxygen atoms in total. The van der Waals surface area contributed by atoms with Gasteiger partial charge in [-0.1, -0.05) is 42.5 Å². The highest BCUT2D eigenvalue weighted by Gasteiger charge is 2.26. The van der Waals surface area contributed by atoms with Crippen molar-refractivity contribution < 1.29 is 31.3 Å². The van der Waals surface area contributed by atoms with Crippen molar-refractivity contribution in [1.29, 1.82) is 0 Å². The first-order valence-corrected chi connectivity index (χ1v) is 17.8. The Labute approximate surface area is 283 Å². The van der Waals surface area contributed by atoms with E-state index in [1.165, 1.54) is 0 Å². The van der Waals surface area contributed by atoms with Gasteiger partial charge in [0.2, 0.25) is 5.88 Å². The lowest BCUT2D eigenvalue weighted by Crippen LogP contribution is -2.44. The second-order valence-electron chi connectivity index (χ2n) is 12.1. The molecule has 6 rings (SSSR count). The second kappa shape index (κ2) is 15.0. The number of hydrogen-bond donors (Lipinski definition) is 2. The Morgan fingerprint density at radius 1 is 0.898 bits per heavy atom. The molecular formula is C36H36FN5O6S. The van der Waals surface area contributed by atoms with Crippen molar-refractivity contribution in [3.8, 4) is 22.8 Å². The van der Waals surface area contributed by atoms with Gasteiger partial charge in [0.15, 0.2) is 5.69 Å². The van der Waals surface area contributed by atoms with Gasteiger partial charge in [0.25, 0.3) is 21.9 Å². The van der Waals surface area contributed by atoms with E-state index in [1.54, 1.807) is 22.8 Å². The van der Waals surface area contributed by atoms with E-state index in [1.807, 2.05) is 60.7 Å². The van der Waals surface area contributed by atoms with Crippen LogP contribution < -0.4 is 15.4 Å². The van der Waals surface area contributed by atoms with Gasteiger partial charge in [-0.05, 0) is 91.6 Å². The molecule has 0 bridgehead atoms. The minimum absolute atomic E-state index is 0.0168. The van der Waals surface area contributed by atoms with Crippen LogP contribution in [0.25, 0.3) is 16.6 Å². The third kappa shape index (κ3) is 9.06. The van der Waals surface area contributed by atoms with E-state index in [-0.39, 0.29) is 36.0 Å². The Hall–Kier alpha value is -5.14. The summed E-state index contributed by atoms with van der Waals surface area (Å²) in [5, 5.41) is 10.4. The van der Waals surface area contributed by atoms with Crippen molar-refractivity contribution in [2.75, 3.05) is 12.9 Å². The predicted octanol–water partition coefficient (Wildman–Crippen LogP) is 5.71. The molecule has 49 heavy (non-hydrogen) atoms. The lowest BCUT2D eigenvalue weighted by atomic mass is 9.91. The average Bonchev–Trinajstić information content (AvgIpc) is 3.53. The molecule has 3 heterocycles. The standard InChI is InChI=1S/C36H36FN5O6S/c1-49(45,46)47-19-5-6-24-10-12-25(13-11-24)26-7-4-9-31(20-26)48-36-32(21-27(37)23-38-36)34(43)39-28-14-16-29(17-15-28)40-35(44)33-22-30-8-2-3-18-42(30)41-33/h2-4,7-13,18,20-23,28-29H,5-6,14-17,19H2,1H3,(H,39,43)(H,40,44). The monoisotopic (exact) mass is 685 g/mol. The topological polar surface area (TPSA) is 141 Å². The molecule has 1 saturated carbocycles. The molecule has 2 aromatic carbocycles. The number of nitrogens with zero attached hydrogens (tertiary/aromatic N) is 3. The molecule has 1 aliphatic rings. The molecule has 0 radical (unpaired) electrons. The van der Waals surface area contributed by atoms with Crippen molar-refractivity contribution >= 4 is 27.4 Å².